The highest BCUT2D eigenvalue weighted by molar-refractivity contribution is 6.10. The molecule has 432 valence electrons. The normalized spacial score (nSPS) is 13.2. The van der Waals surface area contributed by atoms with Crippen molar-refractivity contribution >= 4 is 17.9 Å². The summed E-state index contributed by atoms with van der Waals surface area (Å²) in [6.45, 7) is -9.53. The molecule has 78 heavy (non-hydrogen) atoms. The molecule has 0 aromatic heterocycles. The number of alkyl halides is 16. The summed E-state index contributed by atoms with van der Waals surface area (Å²) in [6, 6.07) is 0. The maximum atomic E-state index is 15.0. The van der Waals surface area contributed by atoms with Gasteiger partial charge in [0.1, 0.15) is 11.1 Å². The Morgan fingerprint density at radius 3 is 0.603 bits per heavy atom. The van der Waals surface area contributed by atoms with Gasteiger partial charge in [0.15, 0.2) is 96.0 Å². The molecule has 37 heteroatoms. The minimum absolute atomic E-state index is 0.0567. The van der Waals surface area contributed by atoms with Gasteiger partial charge in [0.25, 0.3) is 0 Å². The van der Waals surface area contributed by atoms with Gasteiger partial charge in [-0.3, -0.25) is 4.79 Å². The summed E-state index contributed by atoms with van der Waals surface area (Å²) in [6.07, 6.45) is 0.113. The molecule has 0 amide bonds. The quantitative estimate of drug-likeness (QED) is 0.0446. The number of ether oxygens (including phenoxy) is 4. The first kappa shape index (κ1) is 63.5. The Labute approximate surface area is 407 Å². The van der Waals surface area contributed by atoms with Crippen LogP contribution >= 0.6 is 0 Å². The largest absolute Gasteiger partial charge is 0.481 e. The molecule has 4 aromatic rings. The topological polar surface area (TPSA) is 54.0 Å². The standard InChI is InChI=1S/C41H14F32O5/c1-3-9-13(42)21(50)30(22(51)14(9)43)75-5-34(58,59)38(66,67)40(70,71)36(62,63)7-77-32-25(54)17(46)11(18(47)26(32)55)29(74)12-19(48)27(56)33(28(57)20(12)49)78-8-37(64,65)41(72,73)39(68,69)35(60,61)6-76-31-23(52)15(44)10(4-2)16(45)24(31)53/h3-4H,1-2,5-8H2. The Bertz CT molecular complexity index is 2760. The Morgan fingerprint density at radius 1 is 0.295 bits per heavy atom. The van der Waals surface area contributed by atoms with E-state index in [4.69, 9.17) is 0 Å². The molecule has 0 bridgehead atoms. The molecule has 0 atom stereocenters. The number of halogens is 32. The lowest BCUT2D eigenvalue weighted by molar-refractivity contribution is -0.372. The van der Waals surface area contributed by atoms with E-state index in [0.717, 1.165) is 0 Å². The minimum Gasteiger partial charge on any atom is -0.481 e. The van der Waals surface area contributed by atoms with Gasteiger partial charge in [0, 0.05) is 0 Å². The maximum Gasteiger partial charge on any atom is 0.381 e. The molecule has 0 radical (unpaired) electrons. The zero-order chi connectivity index (χ0) is 60.5. The predicted octanol–water partition coefficient (Wildman–Crippen LogP) is 14.4. The van der Waals surface area contributed by atoms with Crippen molar-refractivity contribution in [3.63, 3.8) is 0 Å². The smallest absolute Gasteiger partial charge is 0.381 e. The van der Waals surface area contributed by atoms with Crippen molar-refractivity contribution in [2.45, 2.75) is 47.4 Å². The fourth-order valence-corrected chi connectivity index (χ4v) is 5.80. The summed E-state index contributed by atoms with van der Waals surface area (Å²) in [5.74, 6) is -124. The number of carbonyl (C=O) groups excluding carboxylic acids is 1. The Kier molecular flexibility index (Phi) is 17.1. The van der Waals surface area contributed by atoms with Gasteiger partial charge < -0.3 is 18.9 Å². The van der Waals surface area contributed by atoms with E-state index in [1.807, 2.05) is 0 Å². The highest BCUT2D eigenvalue weighted by atomic mass is 19.4. The summed E-state index contributed by atoms with van der Waals surface area (Å²) >= 11 is 0. The third kappa shape index (κ3) is 9.95. The predicted molar refractivity (Wildman–Crippen MR) is 190 cm³/mol. The van der Waals surface area contributed by atoms with Crippen molar-refractivity contribution in [3.8, 4) is 23.0 Å². The lowest BCUT2D eigenvalue weighted by atomic mass is 9.98. The molecule has 0 aliphatic heterocycles. The van der Waals surface area contributed by atoms with Crippen molar-refractivity contribution in [3.05, 3.63) is 128 Å². The van der Waals surface area contributed by atoms with Crippen LogP contribution < -0.4 is 18.9 Å². The van der Waals surface area contributed by atoms with Gasteiger partial charge in [-0.2, -0.15) is 105 Å². The van der Waals surface area contributed by atoms with Crippen molar-refractivity contribution in [2.24, 2.45) is 0 Å². The fourth-order valence-electron chi connectivity index (χ4n) is 5.80. The van der Waals surface area contributed by atoms with Crippen molar-refractivity contribution in [1.29, 1.82) is 0 Å². The summed E-state index contributed by atoms with van der Waals surface area (Å²) in [5.41, 5.74) is -9.87. The van der Waals surface area contributed by atoms with E-state index in [1.165, 1.54) is 0 Å². The zero-order valence-electron chi connectivity index (χ0n) is 36.0. The summed E-state index contributed by atoms with van der Waals surface area (Å²) in [4.78, 5) is 12.7. The van der Waals surface area contributed by atoms with Crippen LogP contribution in [0.3, 0.4) is 0 Å². The second-order valence-corrected chi connectivity index (χ2v) is 14.9. The molecule has 0 spiro atoms. The average molecular weight is 1190 g/mol. The Balaban J connectivity index is 1.61. The van der Waals surface area contributed by atoms with Crippen LogP contribution in [0.25, 0.3) is 12.2 Å². The molecule has 0 fully saturated rings. The molecular weight excluding hydrogens is 1180 g/mol. The second kappa shape index (κ2) is 21.0. The molecule has 0 aliphatic carbocycles. The molecule has 0 N–H and O–H groups in total. The molecular formula is C41H14F32O5. The molecule has 0 heterocycles. The monoisotopic (exact) mass is 1190 g/mol. The third-order valence-corrected chi connectivity index (χ3v) is 10.0. The summed E-state index contributed by atoms with van der Waals surface area (Å²) in [7, 11) is 0. The van der Waals surface area contributed by atoms with Gasteiger partial charge in [-0.25, -0.2) is 35.1 Å². The SMILES string of the molecule is C=Cc1c(F)c(F)c(OCC(F)(F)C(F)(F)C(F)(F)C(F)(F)COc2c(F)c(F)c(C(=O)c3c(F)c(F)c(OCC(F)(F)C(F)(F)C(F)(F)C(F)(F)COc4c(F)c(F)c(C=C)c(F)c4F)c(F)c3F)c(F)c2F)c(F)c1F. The minimum atomic E-state index is -7.73. The lowest BCUT2D eigenvalue weighted by Gasteiger charge is -2.36. The van der Waals surface area contributed by atoms with E-state index in [-0.39, 0.29) is 12.2 Å². The number of rotatable bonds is 22. The van der Waals surface area contributed by atoms with E-state index in [0.29, 0.717) is 0 Å². The number of benzene rings is 4. The number of hydrogen-bond donors (Lipinski definition) is 0. The summed E-state index contributed by atoms with van der Waals surface area (Å²) < 4.78 is 475. The first-order valence-electron chi connectivity index (χ1n) is 19.0. The molecule has 4 rings (SSSR count). The number of hydrogen-bond acceptors (Lipinski definition) is 5. The highest BCUT2D eigenvalue weighted by Crippen LogP contribution is 2.55. The zero-order valence-corrected chi connectivity index (χ0v) is 36.0. The van der Waals surface area contributed by atoms with Crippen molar-refractivity contribution in [1.82, 2.24) is 0 Å². The van der Waals surface area contributed by atoms with E-state index in [1.54, 1.807) is 0 Å². The van der Waals surface area contributed by atoms with E-state index in [9.17, 15) is 145 Å². The van der Waals surface area contributed by atoms with Gasteiger partial charge in [0.05, 0.1) is 11.1 Å². The molecule has 0 saturated carbocycles. The van der Waals surface area contributed by atoms with Gasteiger partial charge in [-0.1, -0.05) is 25.3 Å². The Hall–Kier alpha value is -7.01. The number of carbonyl (C=O) groups is 1. The molecule has 0 unspecified atom stereocenters. The van der Waals surface area contributed by atoms with E-state index < -0.39 is 218 Å². The number of ketones is 1. The van der Waals surface area contributed by atoms with Crippen LogP contribution in [0, 0.1) is 93.1 Å². The van der Waals surface area contributed by atoms with Crippen LogP contribution in [0.15, 0.2) is 13.2 Å². The van der Waals surface area contributed by atoms with E-state index in [2.05, 4.69) is 32.1 Å². The average Bonchev–Trinajstić information content (AvgIpc) is 3.33. The summed E-state index contributed by atoms with van der Waals surface area (Å²) in [5, 5.41) is 0. The first-order chi connectivity index (χ1) is 35.3. The van der Waals surface area contributed by atoms with Crippen molar-refractivity contribution in [2.75, 3.05) is 26.4 Å². The van der Waals surface area contributed by atoms with Crippen molar-refractivity contribution < 1.29 is 164 Å². The van der Waals surface area contributed by atoms with Crippen LogP contribution in [-0.4, -0.2) is 79.6 Å². The van der Waals surface area contributed by atoms with E-state index >= 15 is 0 Å². The molecule has 5 nitrogen and oxygen atoms in total. The van der Waals surface area contributed by atoms with Crippen LogP contribution in [-0.2, 0) is 0 Å². The van der Waals surface area contributed by atoms with Gasteiger partial charge in [-0.05, 0) is 0 Å². The first-order valence-corrected chi connectivity index (χ1v) is 19.0. The molecule has 0 saturated heterocycles. The van der Waals surface area contributed by atoms with Gasteiger partial charge in [0.2, 0.25) is 52.3 Å². The lowest BCUT2D eigenvalue weighted by Crippen LogP contribution is -2.65. The van der Waals surface area contributed by atoms with Crippen LogP contribution in [0.4, 0.5) is 140 Å². The van der Waals surface area contributed by atoms with Gasteiger partial charge in [-0.15, -0.1) is 0 Å². The molecule has 4 aromatic carbocycles. The third-order valence-electron chi connectivity index (χ3n) is 10.0. The Morgan fingerprint density at radius 2 is 0.449 bits per heavy atom. The van der Waals surface area contributed by atoms with Crippen LogP contribution in [0.5, 0.6) is 23.0 Å². The highest BCUT2D eigenvalue weighted by Gasteiger charge is 2.82. The van der Waals surface area contributed by atoms with Crippen LogP contribution in [0.2, 0.25) is 0 Å². The van der Waals surface area contributed by atoms with Crippen LogP contribution in [0.1, 0.15) is 27.0 Å². The second-order valence-electron chi connectivity index (χ2n) is 14.9. The fraction of sp³-hybridized carbons (Fsp3) is 0.293. The molecule has 0 aliphatic rings. The van der Waals surface area contributed by atoms with Gasteiger partial charge >= 0.3 is 47.4 Å². The maximum absolute atomic E-state index is 15.0.